The first-order valence-corrected chi connectivity index (χ1v) is 10.6. The molecule has 3 heterocycles. The summed E-state index contributed by atoms with van der Waals surface area (Å²) in [5.41, 5.74) is 2.12. The maximum atomic E-state index is 13.0. The summed E-state index contributed by atoms with van der Waals surface area (Å²) < 4.78 is 45.8. The SMILES string of the molecule is Cc1ccc(NC(=O)c2cncc(C(F)(F)F)c2)cc1-c1cc(N2CCOCC2)c(=O)n(C)c1. The minimum absolute atomic E-state index is 0.121. The number of rotatable bonds is 4. The number of aromatic nitrogens is 2. The van der Waals surface area contributed by atoms with Crippen molar-refractivity contribution < 1.29 is 22.7 Å². The normalized spacial score (nSPS) is 14.2. The van der Waals surface area contributed by atoms with E-state index in [1.165, 1.54) is 4.57 Å². The van der Waals surface area contributed by atoms with Gasteiger partial charge in [-0.25, -0.2) is 0 Å². The van der Waals surface area contributed by atoms with Crippen molar-refractivity contribution in [2.75, 3.05) is 36.5 Å². The molecule has 1 aliphatic rings. The Labute approximate surface area is 193 Å². The average molecular weight is 472 g/mol. The molecule has 7 nitrogen and oxygen atoms in total. The summed E-state index contributed by atoms with van der Waals surface area (Å²) in [6.07, 6.45) is -1.12. The molecule has 1 aromatic carbocycles. The summed E-state index contributed by atoms with van der Waals surface area (Å²) in [6, 6.07) is 7.78. The molecule has 1 amide bonds. The van der Waals surface area contributed by atoms with Gasteiger partial charge in [0.15, 0.2) is 0 Å². The number of halogens is 3. The highest BCUT2D eigenvalue weighted by atomic mass is 19.4. The summed E-state index contributed by atoms with van der Waals surface area (Å²) >= 11 is 0. The number of amides is 1. The molecule has 34 heavy (non-hydrogen) atoms. The summed E-state index contributed by atoms with van der Waals surface area (Å²) in [5.74, 6) is -0.706. The van der Waals surface area contributed by atoms with E-state index in [-0.39, 0.29) is 11.1 Å². The van der Waals surface area contributed by atoms with Crippen molar-refractivity contribution in [1.82, 2.24) is 9.55 Å². The number of hydrogen-bond acceptors (Lipinski definition) is 5. The number of morpholine rings is 1. The van der Waals surface area contributed by atoms with Gasteiger partial charge in [0.05, 0.1) is 24.3 Å². The van der Waals surface area contributed by atoms with Crippen LogP contribution in [-0.2, 0) is 18.0 Å². The molecule has 178 valence electrons. The van der Waals surface area contributed by atoms with E-state index in [0.717, 1.165) is 29.0 Å². The van der Waals surface area contributed by atoms with Crippen LogP contribution in [0.25, 0.3) is 11.1 Å². The second-order valence-corrected chi connectivity index (χ2v) is 8.07. The number of nitrogens with zero attached hydrogens (tertiary/aromatic N) is 3. The molecular formula is C24H23F3N4O3. The zero-order valence-corrected chi connectivity index (χ0v) is 18.6. The van der Waals surface area contributed by atoms with Crippen LogP contribution in [0.2, 0.25) is 0 Å². The Morgan fingerprint density at radius 2 is 1.85 bits per heavy atom. The van der Waals surface area contributed by atoms with Crippen LogP contribution in [0.4, 0.5) is 24.5 Å². The van der Waals surface area contributed by atoms with Gasteiger partial charge in [-0.15, -0.1) is 0 Å². The van der Waals surface area contributed by atoms with E-state index in [1.54, 1.807) is 31.4 Å². The number of pyridine rings is 2. The topological polar surface area (TPSA) is 76.5 Å². The summed E-state index contributed by atoms with van der Waals surface area (Å²) in [7, 11) is 1.68. The van der Waals surface area contributed by atoms with Gasteiger partial charge in [0.25, 0.3) is 11.5 Å². The highest BCUT2D eigenvalue weighted by molar-refractivity contribution is 6.04. The Morgan fingerprint density at radius 1 is 1.12 bits per heavy atom. The Bertz CT molecular complexity index is 1280. The quantitative estimate of drug-likeness (QED) is 0.624. The highest BCUT2D eigenvalue weighted by Gasteiger charge is 2.31. The lowest BCUT2D eigenvalue weighted by molar-refractivity contribution is -0.137. The molecule has 10 heteroatoms. The van der Waals surface area contributed by atoms with Crippen LogP contribution in [0.5, 0.6) is 0 Å². The number of nitrogens with one attached hydrogen (secondary N) is 1. The van der Waals surface area contributed by atoms with E-state index in [0.29, 0.717) is 43.9 Å². The number of ether oxygens (including phenoxy) is 1. The summed E-state index contributed by atoms with van der Waals surface area (Å²) in [5, 5.41) is 2.64. The fraction of sp³-hybridized carbons (Fsp3) is 0.292. The second-order valence-electron chi connectivity index (χ2n) is 8.07. The van der Waals surface area contributed by atoms with Crippen molar-refractivity contribution in [1.29, 1.82) is 0 Å². The molecule has 1 N–H and O–H groups in total. The molecule has 0 bridgehead atoms. The van der Waals surface area contributed by atoms with Gasteiger partial charge in [0.1, 0.15) is 5.69 Å². The fourth-order valence-electron chi connectivity index (χ4n) is 3.81. The van der Waals surface area contributed by atoms with Crippen LogP contribution < -0.4 is 15.8 Å². The number of alkyl halides is 3. The van der Waals surface area contributed by atoms with Crippen molar-refractivity contribution >= 4 is 17.3 Å². The molecule has 2 aromatic heterocycles. The largest absolute Gasteiger partial charge is 0.417 e. The van der Waals surface area contributed by atoms with Crippen molar-refractivity contribution in [2.24, 2.45) is 7.05 Å². The van der Waals surface area contributed by atoms with E-state index in [9.17, 15) is 22.8 Å². The van der Waals surface area contributed by atoms with Crippen molar-refractivity contribution in [3.05, 3.63) is 76.0 Å². The number of carbonyl (C=O) groups excluding carboxylic acids is 1. The Balaban J connectivity index is 1.65. The van der Waals surface area contributed by atoms with Crippen LogP contribution in [0.15, 0.2) is 53.7 Å². The van der Waals surface area contributed by atoms with Gasteiger partial charge in [-0.05, 0) is 42.3 Å². The second kappa shape index (κ2) is 9.30. The molecule has 0 spiro atoms. The monoisotopic (exact) mass is 472 g/mol. The lowest BCUT2D eigenvalue weighted by Gasteiger charge is -2.29. The van der Waals surface area contributed by atoms with E-state index >= 15 is 0 Å². The standard InChI is InChI=1S/C24H23F3N4O3/c1-15-3-4-19(29-22(32)16-9-18(13-28-12-16)24(25,26)27)11-20(15)17-10-21(23(33)30(2)14-17)31-5-7-34-8-6-31/h3-4,9-14H,5-8H2,1-2H3,(H,29,32). The molecule has 0 unspecified atom stereocenters. The zero-order valence-electron chi connectivity index (χ0n) is 18.6. The molecule has 3 aromatic rings. The Hall–Kier alpha value is -3.66. The molecule has 0 aliphatic carbocycles. The minimum atomic E-state index is -4.60. The van der Waals surface area contributed by atoms with Gasteiger partial charge in [-0.1, -0.05) is 6.07 Å². The third-order valence-electron chi connectivity index (χ3n) is 5.65. The predicted octanol–water partition coefficient (Wildman–Crippen LogP) is 3.86. The molecule has 1 saturated heterocycles. The third-order valence-corrected chi connectivity index (χ3v) is 5.65. The predicted molar refractivity (Wildman–Crippen MR) is 122 cm³/mol. The van der Waals surface area contributed by atoms with Crippen molar-refractivity contribution in [2.45, 2.75) is 13.1 Å². The zero-order chi connectivity index (χ0) is 24.5. The molecule has 4 rings (SSSR count). The molecule has 0 radical (unpaired) electrons. The molecular weight excluding hydrogens is 449 g/mol. The number of anilines is 2. The molecule has 1 aliphatic heterocycles. The Morgan fingerprint density at radius 3 is 2.56 bits per heavy atom. The van der Waals surface area contributed by atoms with Gasteiger partial charge in [0, 0.05) is 50.0 Å². The van der Waals surface area contributed by atoms with Crippen LogP contribution in [0, 0.1) is 6.92 Å². The smallest absolute Gasteiger partial charge is 0.378 e. The Kier molecular flexibility index (Phi) is 6.43. The average Bonchev–Trinajstić information content (AvgIpc) is 2.82. The van der Waals surface area contributed by atoms with E-state index in [1.807, 2.05) is 17.9 Å². The van der Waals surface area contributed by atoms with E-state index in [4.69, 9.17) is 4.74 Å². The number of carbonyl (C=O) groups is 1. The first-order chi connectivity index (χ1) is 16.1. The van der Waals surface area contributed by atoms with Crippen molar-refractivity contribution in [3.8, 4) is 11.1 Å². The van der Waals surface area contributed by atoms with Gasteiger partial charge >= 0.3 is 6.18 Å². The maximum Gasteiger partial charge on any atom is 0.417 e. The third kappa shape index (κ3) is 4.96. The van der Waals surface area contributed by atoms with Gasteiger partial charge in [0.2, 0.25) is 0 Å². The van der Waals surface area contributed by atoms with E-state index < -0.39 is 17.6 Å². The van der Waals surface area contributed by atoms with Gasteiger partial charge in [-0.2, -0.15) is 13.2 Å². The summed E-state index contributed by atoms with van der Waals surface area (Å²) in [4.78, 5) is 30.9. The first kappa shape index (κ1) is 23.5. The maximum absolute atomic E-state index is 13.0. The minimum Gasteiger partial charge on any atom is -0.378 e. The van der Waals surface area contributed by atoms with Crippen LogP contribution in [-0.4, -0.2) is 41.8 Å². The van der Waals surface area contributed by atoms with Crippen LogP contribution in [0.3, 0.4) is 0 Å². The van der Waals surface area contributed by atoms with Crippen LogP contribution in [0.1, 0.15) is 21.5 Å². The molecule has 0 saturated carbocycles. The van der Waals surface area contributed by atoms with Crippen LogP contribution >= 0.6 is 0 Å². The lowest BCUT2D eigenvalue weighted by atomic mass is 10.0. The number of hydrogen-bond donors (Lipinski definition) is 1. The summed E-state index contributed by atoms with van der Waals surface area (Å²) in [6.45, 7) is 4.20. The molecule has 1 fully saturated rings. The molecule has 0 atom stereocenters. The van der Waals surface area contributed by atoms with Gasteiger partial charge < -0.3 is 19.5 Å². The van der Waals surface area contributed by atoms with Crippen molar-refractivity contribution in [3.63, 3.8) is 0 Å². The lowest BCUT2D eigenvalue weighted by Crippen LogP contribution is -2.40. The fourth-order valence-corrected chi connectivity index (χ4v) is 3.81. The number of aryl methyl sites for hydroxylation is 2. The number of benzene rings is 1. The highest BCUT2D eigenvalue weighted by Crippen LogP contribution is 2.30. The first-order valence-electron chi connectivity index (χ1n) is 10.6. The van der Waals surface area contributed by atoms with E-state index in [2.05, 4.69) is 10.3 Å². The van der Waals surface area contributed by atoms with Gasteiger partial charge in [-0.3, -0.25) is 14.6 Å².